The zero-order valence-electron chi connectivity index (χ0n) is 12.3. The Morgan fingerprint density at radius 3 is 2.64 bits per heavy atom. The Balaban J connectivity index is 0.00000242. The van der Waals surface area contributed by atoms with Crippen LogP contribution in [0.15, 0.2) is 41.2 Å². The van der Waals surface area contributed by atoms with Crippen molar-refractivity contribution in [2.24, 2.45) is 5.73 Å². The van der Waals surface area contributed by atoms with Crippen LogP contribution in [0.25, 0.3) is 5.69 Å². The number of para-hydroxylation sites is 1. The molecular formula is C15H19ClN4O2. The lowest BCUT2D eigenvalue weighted by atomic mass is 10.2. The van der Waals surface area contributed by atoms with Crippen LogP contribution in [0.5, 0.6) is 0 Å². The van der Waals surface area contributed by atoms with E-state index in [9.17, 15) is 9.59 Å². The molecule has 6 nitrogen and oxygen atoms in total. The molecule has 0 spiro atoms. The molecule has 118 valence electrons. The molecule has 0 saturated carbocycles. The minimum atomic E-state index is -0.474. The van der Waals surface area contributed by atoms with Gasteiger partial charge in [0.1, 0.15) is 0 Å². The smallest absolute Gasteiger partial charge is 0.275 e. The molecule has 0 atom stereocenters. The first-order valence-electron chi connectivity index (χ1n) is 6.78. The van der Waals surface area contributed by atoms with Gasteiger partial charge in [0.15, 0.2) is 5.69 Å². The molecule has 0 aliphatic rings. The topological polar surface area (TPSA) is 90.0 Å². The largest absolute Gasteiger partial charge is 0.350 e. The number of carbonyl (C=O) groups is 1. The van der Waals surface area contributed by atoms with Gasteiger partial charge in [0.2, 0.25) is 5.43 Å². The maximum absolute atomic E-state index is 12.0. The lowest BCUT2D eigenvalue weighted by Crippen LogP contribution is -2.33. The molecule has 0 aliphatic heterocycles. The summed E-state index contributed by atoms with van der Waals surface area (Å²) in [4.78, 5) is 23.9. The number of amides is 1. The van der Waals surface area contributed by atoms with Crippen molar-refractivity contribution in [3.8, 4) is 5.69 Å². The van der Waals surface area contributed by atoms with Gasteiger partial charge >= 0.3 is 0 Å². The number of hydrogen-bond acceptors (Lipinski definition) is 4. The van der Waals surface area contributed by atoms with E-state index >= 15 is 0 Å². The van der Waals surface area contributed by atoms with Crippen LogP contribution < -0.4 is 16.5 Å². The number of aromatic nitrogens is 2. The molecule has 1 aromatic heterocycles. The number of hydrogen-bond donors (Lipinski definition) is 2. The minimum Gasteiger partial charge on any atom is -0.350 e. The second-order valence-electron chi connectivity index (χ2n) is 4.64. The van der Waals surface area contributed by atoms with Gasteiger partial charge in [0.25, 0.3) is 5.91 Å². The van der Waals surface area contributed by atoms with Crippen molar-refractivity contribution in [3.05, 3.63) is 58.0 Å². The number of nitrogens with two attached hydrogens (primary N) is 1. The maximum Gasteiger partial charge on any atom is 0.275 e. The van der Waals surface area contributed by atoms with Gasteiger partial charge in [-0.25, -0.2) is 4.68 Å². The fourth-order valence-electron chi connectivity index (χ4n) is 1.92. The third-order valence-electron chi connectivity index (χ3n) is 2.99. The summed E-state index contributed by atoms with van der Waals surface area (Å²) in [6.07, 6.45) is 0.657. The van der Waals surface area contributed by atoms with Crippen molar-refractivity contribution in [1.82, 2.24) is 15.1 Å². The summed E-state index contributed by atoms with van der Waals surface area (Å²) in [5.41, 5.74) is 6.34. The van der Waals surface area contributed by atoms with E-state index in [1.165, 1.54) is 6.07 Å². The molecule has 0 aliphatic carbocycles. The molecule has 2 aromatic rings. The zero-order valence-corrected chi connectivity index (χ0v) is 13.1. The first-order valence-corrected chi connectivity index (χ1v) is 6.78. The van der Waals surface area contributed by atoms with Crippen LogP contribution in [0.1, 0.15) is 22.6 Å². The van der Waals surface area contributed by atoms with Crippen molar-refractivity contribution >= 4 is 18.3 Å². The van der Waals surface area contributed by atoms with Crippen molar-refractivity contribution < 1.29 is 4.79 Å². The van der Waals surface area contributed by atoms with Crippen molar-refractivity contribution in [1.29, 1.82) is 0 Å². The Labute approximate surface area is 134 Å². The molecule has 1 heterocycles. The molecule has 7 heteroatoms. The molecular weight excluding hydrogens is 304 g/mol. The second-order valence-corrected chi connectivity index (χ2v) is 4.64. The van der Waals surface area contributed by atoms with Gasteiger partial charge in [-0.1, -0.05) is 18.2 Å². The van der Waals surface area contributed by atoms with Gasteiger partial charge in [-0.3, -0.25) is 9.59 Å². The third-order valence-corrected chi connectivity index (χ3v) is 2.99. The molecule has 3 N–H and O–H groups in total. The number of rotatable bonds is 5. The average molecular weight is 323 g/mol. The zero-order chi connectivity index (χ0) is 15.2. The van der Waals surface area contributed by atoms with Gasteiger partial charge in [0.05, 0.1) is 5.69 Å². The van der Waals surface area contributed by atoms with Crippen molar-refractivity contribution in [3.63, 3.8) is 0 Å². The summed E-state index contributed by atoms with van der Waals surface area (Å²) in [5, 5.41) is 6.83. The summed E-state index contributed by atoms with van der Waals surface area (Å²) < 4.78 is 1.58. The maximum atomic E-state index is 12.0. The summed E-state index contributed by atoms with van der Waals surface area (Å²) in [6, 6.07) is 10.8. The first-order chi connectivity index (χ1) is 10.1. The van der Waals surface area contributed by atoms with Crippen LogP contribution in [0.4, 0.5) is 0 Å². The number of halogens is 1. The first kappa shape index (κ1) is 17.9. The number of nitrogens with one attached hydrogen (secondary N) is 1. The number of nitrogens with zero attached hydrogens (tertiary/aromatic N) is 2. The molecule has 0 bridgehead atoms. The van der Waals surface area contributed by atoms with Gasteiger partial charge in [-0.15, -0.1) is 12.4 Å². The SMILES string of the molecule is Cc1cc(=O)c(C(=O)NCCCN)nn1-c1ccccc1.Cl. The van der Waals surface area contributed by atoms with Gasteiger partial charge in [-0.2, -0.15) is 5.10 Å². The predicted octanol–water partition coefficient (Wildman–Crippen LogP) is 1.04. The normalized spacial score (nSPS) is 9.91. The lowest BCUT2D eigenvalue weighted by molar-refractivity contribution is 0.0945. The van der Waals surface area contributed by atoms with Crippen molar-refractivity contribution in [2.45, 2.75) is 13.3 Å². The van der Waals surface area contributed by atoms with Gasteiger partial charge in [0, 0.05) is 18.3 Å². The average Bonchev–Trinajstić information content (AvgIpc) is 2.48. The highest BCUT2D eigenvalue weighted by molar-refractivity contribution is 5.92. The van der Waals surface area contributed by atoms with E-state index < -0.39 is 5.91 Å². The van der Waals surface area contributed by atoms with Crippen LogP contribution in [0.3, 0.4) is 0 Å². The van der Waals surface area contributed by atoms with E-state index in [-0.39, 0.29) is 23.5 Å². The van der Waals surface area contributed by atoms with E-state index in [0.29, 0.717) is 25.2 Å². The molecule has 0 radical (unpaired) electrons. The molecule has 0 unspecified atom stereocenters. The highest BCUT2D eigenvalue weighted by Crippen LogP contribution is 2.07. The van der Waals surface area contributed by atoms with E-state index in [2.05, 4.69) is 10.4 Å². The molecule has 0 saturated heterocycles. The van der Waals surface area contributed by atoms with E-state index in [0.717, 1.165) is 5.69 Å². The lowest BCUT2D eigenvalue weighted by Gasteiger charge is -2.11. The summed E-state index contributed by atoms with van der Waals surface area (Å²) in [7, 11) is 0. The molecule has 2 rings (SSSR count). The van der Waals surface area contributed by atoms with E-state index in [4.69, 9.17) is 5.73 Å². The van der Waals surface area contributed by atoms with Crippen LogP contribution >= 0.6 is 12.4 Å². The summed E-state index contributed by atoms with van der Waals surface area (Å²) in [6.45, 7) is 2.68. The predicted molar refractivity (Wildman–Crippen MR) is 87.8 cm³/mol. The van der Waals surface area contributed by atoms with Crippen molar-refractivity contribution in [2.75, 3.05) is 13.1 Å². The number of aryl methyl sites for hydroxylation is 1. The summed E-state index contributed by atoms with van der Waals surface area (Å²) >= 11 is 0. The molecule has 1 amide bonds. The van der Waals surface area contributed by atoms with Gasteiger partial charge < -0.3 is 11.1 Å². The molecule has 22 heavy (non-hydrogen) atoms. The van der Waals surface area contributed by atoms with Gasteiger partial charge in [-0.05, 0) is 32.0 Å². The molecule has 0 fully saturated rings. The minimum absolute atomic E-state index is 0. The number of benzene rings is 1. The fraction of sp³-hybridized carbons (Fsp3) is 0.267. The van der Waals surface area contributed by atoms with Crippen LogP contribution in [0, 0.1) is 6.92 Å². The Hall–Kier alpha value is -2.18. The quantitative estimate of drug-likeness (QED) is 0.805. The fourth-order valence-corrected chi connectivity index (χ4v) is 1.92. The Bertz CT molecular complexity index is 686. The third kappa shape index (κ3) is 4.16. The van der Waals surface area contributed by atoms with Crippen LogP contribution in [0.2, 0.25) is 0 Å². The monoisotopic (exact) mass is 322 g/mol. The molecule has 1 aromatic carbocycles. The van der Waals surface area contributed by atoms with E-state index in [1.54, 1.807) is 11.6 Å². The summed E-state index contributed by atoms with van der Waals surface area (Å²) in [5.74, 6) is -0.474. The second kappa shape index (κ2) is 8.31. The van der Waals surface area contributed by atoms with Crippen LogP contribution in [-0.2, 0) is 0 Å². The Morgan fingerprint density at radius 2 is 2.00 bits per heavy atom. The highest BCUT2D eigenvalue weighted by Gasteiger charge is 2.14. The Kier molecular flexibility index (Phi) is 6.75. The van der Waals surface area contributed by atoms with Crippen LogP contribution in [-0.4, -0.2) is 28.8 Å². The Morgan fingerprint density at radius 1 is 1.32 bits per heavy atom. The van der Waals surface area contributed by atoms with E-state index in [1.807, 2.05) is 30.3 Å². The highest BCUT2D eigenvalue weighted by atomic mass is 35.5. The number of carbonyl (C=O) groups excluding carboxylic acids is 1. The standard InChI is InChI=1S/C15H18N4O2.ClH/c1-11-10-13(20)14(15(21)17-9-5-8-16)18-19(11)12-6-3-2-4-7-12;/h2-4,6-7,10H,5,8-9,16H2,1H3,(H,17,21);1H.